The number of esters is 1. The van der Waals surface area contributed by atoms with E-state index in [-0.39, 0.29) is 18.5 Å². The molecule has 0 saturated heterocycles. The van der Waals surface area contributed by atoms with Crippen LogP contribution in [0.15, 0.2) is 36.5 Å². The zero-order chi connectivity index (χ0) is 59.2. The Morgan fingerprint density at radius 3 is 0.866 bits per heavy atom. The molecule has 6 nitrogen and oxygen atoms in total. The third-order valence-corrected chi connectivity index (χ3v) is 17.4. The molecule has 0 bridgehead atoms. The van der Waals surface area contributed by atoms with Crippen LogP contribution in [-0.2, 0) is 14.3 Å². The molecular weight excluding hydrogens is 1010 g/mol. The van der Waals surface area contributed by atoms with E-state index >= 15 is 0 Å². The van der Waals surface area contributed by atoms with Crippen molar-refractivity contribution in [3.63, 3.8) is 0 Å². The third-order valence-electron chi connectivity index (χ3n) is 17.4. The lowest BCUT2D eigenvalue weighted by Crippen LogP contribution is -2.45. The summed E-state index contributed by atoms with van der Waals surface area (Å²) in [6.45, 7) is 4.93. The minimum Gasteiger partial charge on any atom is -0.466 e. The predicted molar refractivity (Wildman–Crippen MR) is 361 cm³/mol. The molecule has 0 rings (SSSR count). The molecule has 0 aliphatic heterocycles. The van der Waals surface area contributed by atoms with Gasteiger partial charge in [-0.15, -0.1) is 0 Å². The third kappa shape index (κ3) is 67.2. The summed E-state index contributed by atoms with van der Waals surface area (Å²) in [6, 6.07) is -0.629. The number of aliphatic hydroxyl groups excluding tert-OH is 2. The molecule has 0 aromatic rings. The van der Waals surface area contributed by atoms with Crippen molar-refractivity contribution < 1.29 is 24.5 Å². The van der Waals surface area contributed by atoms with Gasteiger partial charge in [0, 0.05) is 12.8 Å². The van der Waals surface area contributed by atoms with E-state index in [1.54, 1.807) is 6.08 Å². The lowest BCUT2D eigenvalue weighted by atomic mass is 10.0. The minimum absolute atomic E-state index is 0.00814. The van der Waals surface area contributed by atoms with E-state index in [1.165, 1.54) is 340 Å². The molecular formula is C76H145NO5. The zero-order valence-corrected chi connectivity index (χ0v) is 55.5. The first kappa shape index (κ1) is 80.1. The van der Waals surface area contributed by atoms with Gasteiger partial charge in [-0.2, -0.15) is 0 Å². The van der Waals surface area contributed by atoms with E-state index in [4.69, 9.17) is 4.74 Å². The first-order chi connectivity index (χ1) is 40.5. The largest absolute Gasteiger partial charge is 0.466 e. The van der Waals surface area contributed by atoms with Gasteiger partial charge in [0.15, 0.2) is 0 Å². The molecule has 0 aliphatic carbocycles. The van der Waals surface area contributed by atoms with Crippen LogP contribution in [0.3, 0.4) is 0 Å². The van der Waals surface area contributed by atoms with E-state index in [2.05, 4.69) is 43.5 Å². The highest BCUT2D eigenvalue weighted by molar-refractivity contribution is 5.76. The summed E-state index contributed by atoms with van der Waals surface area (Å²) in [4.78, 5) is 24.6. The smallest absolute Gasteiger partial charge is 0.305 e. The predicted octanol–water partition coefficient (Wildman–Crippen LogP) is 24.3. The van der Waals surface area contributed by atoms with Crippen molar-refractivity contribution in [3.05, 3.63) is 36.5 Å². The minimum atomic E-state index is -0.846. The summed E-state index contributed by atoms with van der Waals surface area (Å²) >= 11 is 0. The van der Waals surface area contributed by atoms with E-state index < -0.39 is 12.1 Å². The normalized spacial score (nSPS) is 12.7. The van der Waals surface area contributed by atoms with Gasteiger partial charge in [-0.25, -0.2) is 0 Å². The van der Waals surface area contributed by atoms with E-state index in [1.807, 2.05) is 6.08 Å². The number of carbonyl (C=O) groups excluding carboxylic acids is 2. The number of allylic oxidation sites excluding steroid dienone is 5. The number of hydrogen-bond donors (Lipinski definition) is 3. The standard InChI is InChI=1S/C76H145NO5/c1-3-5-7-9-11-13-15-17-19-20-21-22-31-34-37-41-44-48-52-56-60-64-68-74(79)73(72-78)77-75(80)69-65-61-57-53-49-45-42-38-35-32-29-27-25-23-24-26-28-30-33-36-39-43-47-51-55-59-63-67-71-82-76(81)70-66-62-58-54-50-46-40-18-16-14-12-10-8-6-4-2/h18,23-24,40,64,68,73-74,78-79H,3-17,19-22,25-39,41-63,65-67,69-72H2,1-2H3,(H,77,80)/b24-23-,40-18-,68-64+. The fourth-order valence-electron chi connectivity index (χ4n) is 11.7. The second-order valence-electron chi connectivity index (χ2n) is 25.6. The topological polar surface area (TPSA) is 95.9 Å². The molecule has 0 aromatic heterocycles. The SMILES string of the molecule is CCCCCCCC/C=C\CCCCCCCC(=O)OCCCCCCCCCCCCCC/C=C\CCCCCCCCCCCCCCC(=O)NC(CO)C(O)/C=C/CCCCCCCCCCCCCCCCCCCCCC. The summed E-state index contributed by atoms with van der Waals surface area (Å²) in [5.74, 6) is -0.0557. The summed E-state index contributed by atoms with van der Waals surface area (Å²) in [7, 11) is 0. The highest BCUT2D eigenvalue weighted by atomic mass is 16.5. The molecule has 1 amide bonds. The average Bonchev–Trinajstić information content (AvgIpc) is 3.48. The Bertz CT molecular complexity index is 1330. The molecule has 2 atom stereocenters. The van der Waals surface area contributed by atoms with E-state index in [0.717, 1.165) is 44.9 Å². The Kier molecular flexibility index (Phi) is 69.9. The highest BCUT2D eigenvalue weighted by Crippen LogP contribution is 2.19. The molecule has 484 valence electrons. The van der Waals surface area contributed by atoms with Gasteiger partial charge in [0.05, 0.1) is 25.4 Å². The second kappa shape index (κ2) is 71.6. The number of amides is 1. The fraction of sp³-hybridized carbons (Fsp3) is 0.895. The van der Waals surface area contributed by atoms with Crippen LogP contribution in [0.2, 0.25) is 0 Å². The number of rotatable bonds is 70. The van der Waals surface area contributed by atoms with Crippen LogP contribution < -0.4 is 5.32 Å². The molecule has 0 heterocycles. The Morgan fingerprint density at radius 1 is 0.329 bits per heavy atom. The maximum atomic E-state index is 12.5. The van der Waals surface area contributed by atoms with Gasteiger partial charge in [0.25, 0.3) is 0 Å². The van der Waals surface area contributed by atoms with Gasteiger partial charge < -0.3 is 20.3 Å². The molecule has 0 spiro atoms. The van der Waals surface area contributed by atoms with Gasteiger partial charge in [0.2, 0.25) is 5.91 Å². The Balaban J connectivity index is 3.40. The molecule has 0 fully saturated rings. The molecule has 3 N–H and O–H groups in total. The maximum Gasteiger partial charge on any atom is 0.305 e. The number of ether oxygens (including phenoxy) is 1. The van der Waals surface area contributed by atoms with Gasteiger partial charge in [-0.3, -0.25) is 9.59 Å². The summed E-state index contributed by atoms with van der Waals surface area (Å²) < 4.78 is 5.49. The van der Waals surface area contributed by atoms with Gasteiger partial charge in [0.1, 0.15) is 0 Å². The van der Waals surface area contributed by atoms with Crippen LogP contribution in [-0.4, -0.2) is 47.4 Å². The van der Waals surface area contributed by atoms with Gasteiger partial charge >= 0.3 is 5.97 Å². The van der Waals surface area contributed by atoms with Crippen molar-refractivity contribution in [3.8, 4) is 0 Å². The van der Waals surface area contributed by atoms with Crippen LogP contribution in [0.25, 0.3) is 0 Å². The second-order valence-corrected chi connectivity index (χ2v) is 25.6. The van der Waals surface area contributed by atoms with Crippen LogP contribution in [0.4, 0.5) is 0 Å². The number of nitrogens with one attached hydrogen (secondary N) is 1. The zero-order valence-electron chi connectivity index (χ0n) is 55.5. The van der Waals surface area contributed by atoms with Crippen molar-refractivity contribution >= 4 is 11.9 Å². The summed E-state index contributed by atoms with van der Waals surface area (Å²) in [5, 5.41) is 23.3. The quantitative estimate of drug-likeness (QED) is 0.0320. The van der Waals surface area contributed by atoms with Crippen LogP contribution in [0.1, 0.15) is 412 Å². The molecule has 0 aliphatic rings. The van der Waals surface area contributed by atoms with Crippen molar-refractivity contribution in [1.29, 1.82) is 0 Å². The van der Waals surface area contributed by atoms with Gasteiger partial charge in [-0.05, 0) is 83.5 Å². The average molecular weight is 1150 g/mol. The van der Waals surface area contributed by atoms with Crippen molar-refractivity contribution in [2.75, 3.05) is 13.2 Å². The molecule has 0 saturated carbocycles. The molecule has 6 heteroatoms. The fourth-order valence-corrected chi connectivity index (χ4v) is 11.7. The first-order valence-electron chi connectivity index (χ1n) is 37.3. The monoisotopic (exact) mass is 1150 g/mol. The van der Waals surface area contributed by atoms with Crippen molar-refractivity contribution in [1.82, 2.24) is 5.32 Å². The number of unbranched alkanes of at least 4 members (excludes halogenated alkanes) is 55. The van der Waals surface area contributed by atoms with Crippen molar-refractivity contribution in [2.24, 2.45) is 0 Å². The molecule has 0 radical (unpaired) electrons. The lowest BCUT2D eigenvalue weighted by molar-refractivity contribution is -0.143. The molecule has 0 aromatic carbocycles. The number of aliphatic hydroxyl groups is 2. The lowest BCUT2D eigenvalue weighted by Gasteiger charge is -2.20. The maximum absolute atomic E-state index is 12.5. The highest BCUT2D eigenvalue weighted by Gasteiger charge is 2.18. The Morgan fingerprint density at radius 2 is 0.573 bits per heavy atom. The van der Waals surface area contributed by atoms with Crippen LogP contribution in [0, 0.1) is 0 Å². The summed E-state index contributed by atoms with van der Waals surface area (Å²) in [5.41, 5.74) is 0. The number of carbonyl (C=O) groups is 2. The molecule has 2 unspecified atom stereocenters. The molecule has 82 heavy (non-hydrogen) atoms. The van der Waals surface area contributed by atoms with Crippen molar-refractivity contribution in [2.45, 2.75) is 424 Å². The van der Waals surface area contributed by atoms with Crippen LogP contribution >= 0.6 is 0 Å². The van der Waals surface area contributed by atoms with Gasteiger partial charge in [-0.1, -0.05) is 352 Å². The van der Waals surface area contributed by atoms with E-state index in [0.29, 0.717) is 19.4 Å². The van der Waals surface area contributed by atoms with E-state index in [9.17, 15) is 19.8 Å². The first-order valence-corrected chi connectivity index (χ1v) is 37.3. The number of hydrogen-bond acceptors (Lipinski definition) is 5. The summed E-state index contributed by atoms with van der Waals surface area (Å²) in [6.07, 6.45) is 92.4. The van der Waals surface area contributed by atoms with Crippen LogP contribution in [0.5, 0.6) is 0 Å². The Hall–Kier alpha value is -1.92. The Labute approximate surface area is 513 Å².